The van der Waals surface area contributed by atoms with Gasteiger partial charge in [-0.15, -0.1) is 0 Å². The van der Waals surface area contributed by atoms with Crippen molar-refractivity contribution < 1.29 is 9.53 Å². The molecule has 0 unspecified atom stereocenters. The third kappa shape index (κ3) is 4.01. The summed E-state index contributed by atoms with van der Waals surface area (Å²) in [7, 11) is 1.54. The molecule has 2 heterocycles. The van der Waals surface area contributed by atoms with Crippen LogP contribution >= 0.6 is 11.8 Å². The van der Waals surface area contributed by atoms with Crippen molar-refractivity contribution in [1.29, 1.82) is 0 Å². The highest BCUT2D eigenvalue weighted by molar-refractivity contribution is 7.98. The molecule has 5 nitrogen and oxygen atoms in total. The van der Waals surface area contributed by atoms with Gasteiger partial charge >= 0.3 is 0 Å². The van der Waals surface area contributed by atoms with Gasteiger partial charge in [-0.3, -0.25) is 4.79 Å². The summed E-state index contributed by atoms with van der Waals surface area (Å²) in [6.07, 6.45) is 8.25. The highest BCUT2D eigenvalue weighted by Gasteiger charge is 2.20. The van der Waals surface area contributed by atoms with Crippen LogP contribution in [0.3, 0.4) is 0 Å². The van der Waals surface area contributed by atoms with Crippen molar-refractivity contribution >= 4 is 23.4 Å². The van der Waals surface area contributed by atoms with Crippen molar-refractivity contribution in [3.8, 4) is 5.88 Å². The van der Waals surface area contributed by atoms with Gasteiger partial charge in [-0.05, 0) is 42.7 Å². The van der Waals surface area contributed by atoms with Crippen molar-refractivity contribution in [2.24, 2.45) is 0 Å². The molecular weight excluding hydrogens is 286 g/mol. The number of methoxy groups -OCH3 is 1. The van der Waals surface area contributed by atoms with E-state index in [9.17, 15) is 4.79 Å². The van der Waals surface area contributed by atoms with E-state index in [-0.39, 0.29) is 11.9 Å². The van der Waals surface area contributed by atoms with Crippen molar-refractivity contribution in [3.05, 3.63) is 42.9 Å². The molecule has 2 aromatic rings. The van der Waals surface area contributed by atoms with Crippen molar-refractivity contribution in [1.82, 2.24) is 9.55 Å². The van der Waals surface area contributed by atoms with E-state index in [1.807, 2.05) is 35.3 Å². The lowest BCUT2D eigenvalue weighted by Gasteiger charge is -2.19. The third-order valence-electron chi connectivity index (χ3n) is 3.11. The zero-order chi connectivity index (χ0) is 15.1. The molecule has 1 N–H and O–H groups in total. The van der Waals surface area contributed by atoms with Gasteiger partial charge in [0.2, 0.25) is 11.8 Å². The standard InChI is InChI=1S/C15H19N3O2S/c1-20-15-12(6-5-8-16-15)17-14(19)13(7-11-21-2)18-9-3-4-10-18/h3-6,8-10,13H,7,11H2,1-2H3,(H,17,19)/t13-/m0/s1. The summed E-state index contributed by atoms with van der Waals surface area (Å²) >= 11 is 1.73. The molecule has 0 aromatic carbocycles. The number of carbonyl (C=O) groups is 1. The first kappa shape index (κ1) is 15.4. The SMILES string of the molecule is COc1ncccc1NC(=O)[C@H](CCSC)n1cccc1. The predicted molar refractivity (Wildman–Crippen MR) is 85.9 cm³/mol. The maximum Gasteiger partial charge on any atom is 0.247 e. The Kier molecular flexibility index (Phi) is 5.68. The minimum Gasteiger partial charge on any atom is -0.480 e. The summed E-state index contributed by atoms with van der Waals surface area (Å²) < 4.78 is 7.09. The van der Waals surface area contributed by atoms with Crippen molar-refractivity contribution in [3.63, 3.8) is 0 Å². The lowest BCUT2D eigenvalue weighted by atomic mass is 10.2. The molecule has 6 heteroatoms. The second kappa shape index (κ2) is 7.73. The van der Waals surface area contributed by atoms with E-state index in [2.05, 4.69) is 10.3 Å². The molecule has 0 aliphatic rings. The topological polar surface area (TPSA) is 56.1 Å². The Labute approximate surface area is 128 Å². The number of ether oxygens (including phenoxy) is 1. The molecule has 0 saturated carbocycles. The number of nitrogens with one attached hydrogen (secondary N) is 1. The van der Waals surface area contributed by atoms with Gasteiger partial charge in [-0.2, -0.15) is 11.8 Å². The lowest BCUT2D eigenvalue weighted by molar-refractivity contribution is -0.119. The molecule has 0 saturated heterocycles. The Bertz CT molecular complexity index is 572. The number of pyridine rings is 1. The van der Waals surface area contributed by atoms with E-state index in [0.717, 1.165) is 12.2 Å². The van der Waals surface area contributed by atoms with Crippen LogP contribution in [0.2, 0.25) is 0 Å². The molecule has 0 fully saturated rings. The number of amides is 1. The van der Waals surface area contributed by atoms with Crippen LogP contribution < -0.4 is 10.1 Å². The lowest BCUT2D eigenvalue weighted by Crippen LogP contribution is -2.26. The van der Waals surface area contributed by atoms with Crippen LogP contribution in [0.4, 0.5) is 5.69 Å². The van der Waals surface area contributed by atoms with Gasteiger partial charge in [0.05, 0.1) is 7.11 Å². The fourth-order valence-electron chi connectivity index (χ4n) is 2.07. The number of rotatable bonds is 7. The van der Waals surface area contributed by atoms with Gasteiger partial charge in [0.25, 0.3) is 0 Å². The maximum atomic E-state index is 12.6. The summed E-state index contributed by atoms with van der Waals surface area (Å²) in [5.74, 6) is 1.27. The molecule has 21 heavy (non-hydrogen) atoms. The number of anilines is 1. The second-order valence-corrected chi connectivity index (χ2v) is 5.46. The van der Waals surface area contributed by atoms with Gasteiger partial charge < -0.3 is 14.6 Å². The van der Waals surface area contributed by atoms with Gasteiger partial charge in [0.15, 0.2) is 0 Å². The normalized spacial score (nSPS) is 11.9. The zero-order valence-corrected chi connectivity index (χ0v) is 13.0. The molecule has 112 valence electrons. The van der Waals surface area contributed by atoms with Crippen LogP contribution in [0.15, 0.2) is 42.9 Å². The summed E-state index contributed by atoms with van der Waals surface area (Å²) in [6, 6.07) is 7.15. The number of thioether (sulfide) groups is 1. The number of hydrogen-bond donors (Lipinski definition) is 1. The maximum absolute atomic E-state index is 12.6. The number of nitrogens with zero attached hydrogens (tertiary/aromatic N) is 2. The van der Waals surface area contributed by atoms with Crippen LogP contribution in [0.5, 0.6) is 5.88 Å². The first-order chi connectivity index (χ1) is 10.3. The molecule has 0 aliphatic carbocycles. The smallest absolute Gasteiger partial charge is 0.247 e. The minimum atomic E-state index is -0.239. The monoisotopic (exact) mass is 305 g/mol. The zero-order valence-electron chi connectivity index (χ0n) is 12.2. The van der Waals surface area contributed by atoms with Crippen molar-refractivity contribution in [2.75, 3.05) is 24.4 Å². The van der Waals surface area contributed by atoms with Crippen LogP contribution in [-0.2, 0) is 4.79 Å². The average molecular weight is 305 g/mol. The molecule has 0 aliphatic heterocycles. The Morgan fingerprint density at radius 2 is 2.19 bits per heavy atom. The van der Waals surface area contributed by atoms with Gasteiger partial charge in [0.1, 0.15) is 11.7 Å². The fourth-order valence-corrected chi connectivity index (χ4v) is 2.52. The van der Waals surface area contributed by atoms with Crippen LogP contribution in [-0.4, -0.2) is 34.6 Å². The average Bonchev–Trinajstić information content (AvgIpc) is 3.02. The van der Waals surface area contributed by atoms with Gasteiger partial charge in [-0.25, -0.2) is 4.98 Å². The van der Waals surface area contributed by atoms with E-state index in [4.69, 9.17) is 4.74 Å². The molecule has 1 atom stereocenters. The first-order valence-electron chi connectivity index (χ1n) is 6.67. The molecule has 0 spiro atoms. The molecule has 2 rings (SSSR count). The van der Waals surface area contributed by atoms with Crippen LogP contribution in [0.1, 0.15) is 12.5 Å². The minimum absolute atomic E-state index is 0.0634. The van der Waals surface area contributed by atoms with E-state index < -0.39 is 0 Å². The fraction of sp³-hybridized carbons (Fsp3) is 0.333. The van der Waals surface area contributed by atoms with Crippen molar-refractivity contribution in [2.45, 2.75) is 12.5 Å². The summed E-state index contributed by atoms with van der Waals surface area (Å²) in [5.41, 5.74) is 0.589. The largest absolute Gasteiger partial charge is 0.480 e. The van der Waals surface area contributed by atoms with E-state index in [1.54, 1.807) is 30.1 Å². The van der Waals surface area contributed by atoms with E-state index in [1.165, 1.54) is 7.11 Å². The number of aromatic nitrogens is 2. The third-order valence-corrected chi connectivity index (χ3v) is 3.75. The summed E-state index contributed by atoms with van der Waals surface area (Å²) in [6.45, 7) is 0. The molecule has 1 amide bonds. The predicted octanol–water partition coefficient (Wildman–Crippen LogP) is 2.82. The number of carbonyl (C=O) groups excluding carboxylic acids is 1. The van der Waals surface area contributed by atoms with Crippen LogP contribution in [0.25, 0.3) is 0 Å². The van der Waals surface area contributed by atoms with E-state index >= 15 is 0 Å². The second-order valence-electron chi connectivity index (χ2n) is 4.48. The molecular formula is C15H19N3O2S. The Morgan fingerprint density at radius 1 is 1.43 bits per heavy atom. The van der Waals surface area contributed by atoms with E-state index in [0.29, 0.717) is 11.6 Å². The highest BCUT2D eigenvalue weighted by atomic mass is 32.2. The Hall–Kier alpha value is -1.95. The number of hydrogen-bond acceptors (Lipinski definition) is 4. The highest BCUT2D eigenvalue weighted by Crippen LogP contribution is 2.23. The van der Waals surface area contributed by atoms with Gasteiger partial charge in [-0.1, -0.05) is 0 Å². The molecule has 0 bridgehead atoms. The van der Waals surface area contributed by atoms with Gasteiger partial charge in [0, 0.05) is 18.6 Å². The molecule has 0 radical (unpaired) electrons. The summed E-state index contributed by atoms with van der Waals surface area (Å²) in [4.78, 5) is 16.6. The molecule has 2 aromatic heterocycles. The summed E-state index contributed by atoms with van der Waals surface area (Å²) in [5, 5.41) is 2.90. The quantitative estimate of drug-likeness (QED) is 0.854. The Balaban J connectivity index is 2.15. The Morgan fingerprint density at radius 3 is 2.86 bits per heavy atom. The van der Waals surface area contributed by atoms with Crippen LogP contribution in [0, 0.1) is 0 Å². The first-order valence-corrected chi connectivity index (χ1v) is 8.07.